The highest BCUT2D eigenvalue weighted by Gasteiger charge is 2.33. The second-order valence-corrected chi connectivity index (χ2v) is 6.61. The molecule has 146 valence electrons. The van der Waals surface area contributed by atoms with Crippen LogP contribution in [0.15, 0.2) is 72.2 Å². The number of hydrogen-bond acceptors (Lipinski definition) is 6. The van der Waals surface area contributed by atoms with Crippen LogP contribution in [0.3, 0.4) is 0 Å². The van der Waals surface area contributed by atoms with E-state index < -0.39 is 11.0 Å². The molecule has 4 rings (SSSR count). The number of nitro benzene ring substituents is 1. The number of nitrogens with one attached hydrogen (secondary N) is 2. The van der Waals surface area contributed by atoms with Crippen LogP contribution in [0.2, 0.25) is 0 Å². The number of rotatable bonds is 5. The Labute approximate surface area is 166 Å². The molecule has 1 atom stereocenters. The molecule has 2 heterocycles. The molecule has 1 aliphatic heterocycles. The lowest BCUT2D eigenvalue weighted by atomic mass is 9.94. The van der Waals surface area contributed by atoms with E-state index in [4.69, 9.17) is 0 Å². The van der Waals surface area contributed by atoms with Gasteiger partial charge in [0.15, 0.2) is 0 Å². The molecule has 0 saturated carbocycles. The summed E-state index contributed by atoms with van der Waals surface area (Å²) in [6.07, 6.45) is 1.38. The van der Waals surface area contributed by atoms with Gasteiger partial charge in [-0.1, -0.05) is 42.5 Å². The third-order valence-corrected chi connectivity index (χ3v) is 4.73. The van der Waals surface area contributed by atoms with E-state index in [2.05, 4.69) is 20.7 Å². The molecule has 3 aromatic rings. The van der Waals surface area contributed by atoms with Crippen LogP contribution in [0.4, 0.5) is 11.6 Å². The maximum absolute atomic E-state index is 13.1. The fraction of sp³-hybridized carbons (Fsp3) is 0.150. The standard InChI is InChI=1S/C20H18N6O3/c1-13-17(19(27)21-11-14-6-3-2-4-7-14)18(25-20(24-13)22-12-23-25)15-8-5-9-16(10-15)26(28)29/h2-10,12,18H,11H2,1H3,(H,21,27)(H,22,23,24). The lowest BCUT2D eigenvalue weighted by Gasteiger charge is -2.28. The summed E-state index contributed by atoms with van der Waals surface area (Å²) in [5, 5.41) is 21.5. The molecule has 1 aromatic heterocycles. The molecule has 29 heavy (non-hydrogen) atoms. The van der Waals surface area contributed by atoms with E-state index in [9.17, 15) is 14.9 Å². The maximum atomic E-state index is 13.1. The van der Waals surface area contributed by atoms with E-state index in [1.165, 1.54) is 18.5 Å². The Balaban J connectivity index is 1.71. The summed E-state index contributed by atoms with van der Waals surface area (Å²) >= 11 is 0. The van der Waals surface area contributed by atoms with Crippen molar-refractivity contribution < 1.29 is 9.72 Å². The van der Waals surface area contributed by atoms with E-state index in [0.717, 1.165) is 5.56 Å². The normalized spacial score (nSPS) is 15.4. The van der Waals surface area contributed by atoms with Gasteiger partial charge in [0.1, 0.15) is 12.4 Å². The number of carbonyl (C=O) groups excluding carboxylic acids is 1. The number of hydrogen-bond donors (Lipinski definition) is 2. The zero-order valence-corrected chi connectivity index (χ0v) is 15.6. The van der Waals surface area contributed by atoms with Crippen molar-refractivity contribution in [3.05, 3.63) is 93.4 Å². The zero-order valence-electron chi connectivity index (χ0n) is 15.6. The fourth-order valence-corrected chi connectivity index (χ4v) is 3.38. The summed E-state index contributed by atoms with van der Waals surface area (Å²) in [5.74, 6) is 0.190. The molecule has 2 aromatic carbocycles. The third-order valence-electron chi connectivity index (χ3n) is 4.73. The lowest BCUT2D eigenvalue weighted by molar-refractivity contribution is -0.384. The van der Waals surface area contributed by atoms with Gasteiger partial charge in [-0.3, -0.25) is 14.9 Å². The zero-order chi connectivity index (χ0) is 20.4. The molecule has 0 aliphatic carbocycles. The second kappa shape index (κ2) is 7.55. The predicted octanol–water partition coefficient (Wildman–Crippen LogP) is 2.79. The van der Waals surface area contributed by atoms with Crippen LogP contribution in [0.1, 0.15) is 24.1 Å². The number of fused-ring (bicyclic) bond motifs is 1. The summed E-state index contributed by atoms with van der Waals surface area (Å²) < 4.78 is 1.56. The van der Waals surface area contributed by atoms with Crippen molar-refractivity contribution in [2.75, 3.05) is 5.32 Å². The first-order chi connectivity index (χ1) is 14.0. The van der Waals surface area contributed by atoms with Crippen molar-refractivity contribution in [3.8, 4) is 0 Å². The Morgan fingerprint density at radius 2 is 2.03 bits per heavy atom. The molecule has 9 heteroatoms. The average Bonchev–Trinajstić information content (AvgIpc) is 3.19. The number of anilines is 1. The molecule has 1 amide bonds. The summed E-state index contributed by atoms with van der Waals surface area (Å²) in [5.41, 5.74) is 2.55. The number of allylic oxidation sites excluding steroid dienone is 1. The number of nitro groups is 1. The fourth-order valence-electron chi connectivity index (χ4n) is 3.38. The molecule has 1 aliphatic rings. The minimum absolute atomic E-state index is 0.0515. The van der Waals surface area contributed by atoms with Crippen LogP contribution in [-0.4, -0.2) is 25.6 Å². The minimum Gasteiger partial charge on any atom is -0.348 e. The van der Waals surface area contributed by atoms with Crippen LogP contribution in [0, 0.1) is 10.1 Å². The SMILES string of the molecule is CC1=C(C(=O)NCc2ccccc2)C(c2cccc([N+](=O)[O-])c2)n2ncnc2N1. The Morgan fingerprint density at radius 3 is 2.79 bits per heavy atom. The van der Waals surface area contributed by atoms with Gasteiger partial charge in [-0.15, -0.1) is 0 Å². The Morgan fingerprint density at radius 1 is 1.24 bits per heavy atom. The van der Waals surface area contributed by atoms with Gasteiger partial charge in [0.05, 0.1) is 10.5 Å². The Hall–Kier alpha value is -4.01. The molecular formula is C20H18N6O3. The lowest BCUT2D eigenvalue weighted by Crippen LogP contribution is -2.34. The van der Waals surface area contributed by atoms with Gasteiger partial charge in [0.2, 0.25) is 5.95 Å². The van der Waals surface area contributed by atoms with Crippen molar-refractivity contribution in [2.24, 2.45) is 0 Å². The predicted molar refractivity (Wildman–Crippen MR) is 106 cm³/mol. The molecule has 0 radical (unpaired) electrons. The van der Waals surface area contributed by atoms with Crippen molar-refractivity contribution >= 4 is 17.5 Å². The molecule has 2 N–H and O–H groups in total. The Bertz CT molecular complexity index is 1110. The molecule has 0 fully saturated rings. The van der Waals surface area contributed by atoms with Crippen molar-refractivity contribution in [1.29, 1.82) is 0 Å². The van der Waals surface area contributed by atoms with Crippen LogP contribution < -0.4 is 10.6 Å². The second-order valence-electron chi connectivity index (χ2n) is 6.61. The van der Waals surface area contributed by atoms with Crippen molar-refractivity contribution in [2.45, 2.75) is 19.5 Å². The highest BCUT2D eigenvalue weighted by Crippen LogP contribution is 2.35. The summed E-state index contributed by atoms with van der Waals surface area (Å²) in [6.45, 7) is 2.14. The van der Waals surface area contributed by atoms with Gasteiger partial charge in [0, 0.05) is 24.4 Å². The molecule has 1 unspecified atom stereocenters. The van der Waals surface area contributed by atoms with Gasteiger partial charge in [-0.2, -0.15) is 10.1 Å². The van der Waals surface area contributed by atoms with Crippen molar-refractivity contribution in [3.63, 3.8) is 0 Å². The first kappa shape index (κ1) is 18.4. The monoisotopic (exact) mass is 390 g/mol. The highest BCUT2D eigenvalue weighted by atomic mass is 16.6. The number of carbonyl (C=O) groups is 1. The van der Waals surface area contributed by atoms with E-state index in [1.807, 2.05) is 30.3 Å². The first-order valence-corrected chi connectivity index (χ1v) is 8.98. The highest BCUT2D eigenvalue weighted by molar-refractivity contribution is 5.96. The summed E-state index contributed by atoms with van der Waals surface area (Å²) in [4.78, 5) is 28.1. The molecular weight excluding hydrogens is 372 g/mol. The van der Waals surface area contributed by atoms with Gasteiger partial charge in [-0.25, -0.2) is 4.68 Å². The van der Waals surface area contributed by atoms with Crippen LogP contribution in [-0.2, 0) is 11.3 Å². The molecule has 0 bridgehead atoms. The van der Waals surface area contributed by atoms with Crippen LogP contribution >= 0.6 is 0 Å². The smallest absolute Gasteiger partial charge is 0.269 e. The number of benzene rings is 2. The quantitative estimate of drug-likeness (QED) is 0.511. The molecule has 0 saturated heterocycles. The Kier molecular flexibility index (Phi) is 4.78. The maximum Gasteiger partial charge on any atom is 0.269 e. The van der Waals surface area contributed by atoms with Crippen LogP contribution in [0.25, 0.3) is 0 Å². The van der Waals surface area contributed by atoms with Crippen LogP contribution in [0.5, 0.6) is 0 Å². The minimum atomic E-state index is -0.635. The summed E-state index contributed by atoms with van der Waals surface area (Å²) in [7, 11) is 0. The number of nitrogens with zero attached hydrogens (tertiary/aromatic N) is 4. The van der Waals surface area contributed by atoms with Gasteiger partial charge < -0.3 is 10.6 Å². The van der Waals surface area contributed by atoms with Gasteiger partial charge >= 0.3 is 0 Å². The first-order valence-electron chi connectivity index (χ1n) is 8.98. The molecule has 9 nitrogen and oxygen atoms in total. The third kappa shape index (κ3) is 3.57. The van der Waals surface area contributed by atoms with E-state index in [0.29, 0.717) is 29.3 Å². The number of non-ortho nitro benzene ring substituents is 1. The van der Waals surface area contributed by atoms with E-state index in [1.54, 1.807) is 23.7 Å². The topological polar surface area (TPSA) is 115 Å². The summed E-state index contributed by atoms with van der Waals surface area (Å²) in [6, 6.07) is 15.1. The van der Waals surface area contributed by atoms with Crippen molar-refractivity contribution in [1.82, 2.24) is 20.1 Å². The van der Waals surface area contributed by atoms with Gasteiger partial charge in [0.25, 0.3) is 11.6 Å². The largest absolute Gasteiger partial charge is 0.348 e. The van der Waals surface area contributed by atoms with E-state index >= 15 is 0 Å². The number of aromatic nitrogens is 3. The number of amides is 1. The molecule has 0 spiro atoms. The average molecular weight is 390 g/mol. The van der Waals surface area contributed by atoms with E-state index in [-0.39, 0.29) is 11.6 Å². The van der Waals surface area contributed by atoms with Gasteiger partial charge in [-0.05, 0) is 18.1 Å².